The standard InChI is InChI=1S/C28H34N2O3/c1-5-7-15-33-20-12-10-11-19(16-20)27-26-22(17-28(3,4)18-24(26)31)29-21-13-8-9-14-23(21)30(27)25(32)6-2/h8-14,16,27,29H,5-7,15,17-18H2,1-4H3/t27-/m1/s1. The van der Waals surface area contributed by atoms with Crippen LogP contribution >= 0.6 is 0 Å². The summed E-state index contributed by atoms with van der Waals surface area (Å²) in [6.45, 7) is 8.90. The molecule has 0 spiro atoms. The van der Waals surface area contributed by atoms with Gasteiger partial charge in [-0.1, -0.05) is 58.4 Å². The van der Waals surface area contributed by atoms with Gasteiger partial charge in [0, 0.05) is 24.1 Å². The third-order valence-corrected chi connectivity index (χ3v) is 6.41. The number of hydrogen-bond donors (Lipinski definition) is 1. The van der Waals surface area contributed by atoms with E-state index in [0.717, 1.165) is 47.6 Å². The van der Waals surface area contributed by atoms with E-state index < -0.39 is 6.04 Å². The van der Waals surface area contributed by atoms with E-state index in [1.165, 1.54) is 0 Å². The number of anilines is 2. The summed E-state index contributed by atoms with van der Waals surface area (Å²) >= 11 is 0. The van der Waals surface area contributed by atoms with E-state index in [2.05, 4.69) is 26.1 Å². The van der Waals surface area contributed by atoms with Crippen molar-refractivity contribution in [2.75, 3.05) is 16.8 Å². The van der Waals surface area contributed by atoms with Crippen molar-refractivity contribution >= 4 is 23.1 Å². The second-order valence-corrected chi connectivity index (χ2v) is 9.77. The predicted octanol–water partition coefficient (Wildman–Crippen LogP) is 6.42. The molecule has 2 aromatic rings. The molecule has 0 aromatic heterocycles. The van der Waals surface area contributed by atoms with Gasteiger partial charge in [-0.05, 0) is 48.1 Å². The number of para-hydroxylation sites is 2. The summed E-state index contributed by atoms with van der Waals surface area (Å²) in [4.78, 5) is 28.8. The summed E-state index contributed by atoms with van der Waals surface area (Å²) in [7, 11) is 0. The van der Waals surface area contributed by atoms with E-state index in [1.54, 1.807) is 0 Å². The highest BCUT2D eigenvalue weighted by Crippen LogP contribution is 2.48. The van der Waals surface area contributed by atoms with E-state index in [4.69, 9.17) is 4.74 Å². The molecule has 2 aromatic carbocycles. The quantitative estimate of drug-likeness (QED) is 0.520. The monoisotopic (exact) mass is 446 g/mol. The van der Waals surface area contributed by atoms with Crippen LogP contribution in [0.15, 0.2) is 59.8 Å². The van der Waals surface area contributed by atoms with Crippen molar-refractivity contribution in [3.05, 3.63) is 65.4 Å². The van der Waals surface area contributed by atoms with E-state index in [9.17, 15) is 9.59 Å². The number of ketones is 1. The molecule has 0 unspecified atom stereocenters. The van der Waals surface area contributed by atoms with Crippen molar-refractivity contribution in [1.82, 2.24) is 0 Å². The van der Waals surface area contributed by atoms with Crippen molar-refractivity contribution in [3.8, 4) is 5.75 Å². The van der Waals surface area contributed by atoms with Gasteiger partial charge in [0.15, 0.2) is 5.78 Å². The highest BCUT2D eigenvalue weighted by atomic mass is 16.5. The van der Waals surface area contributed by atoms with Gasteiger partial charge in [-0.2, -0.15) is 0 Å². The summed E-state index contributed by atoms with van der Waals surface area (Å²) in [6.07, 6.45) is 3.60. The molecule has 0 radical (unpaired) electrons. The zero-order valence-electron chi connectivity index (χ0n) is 20.1. The predicted molar refractivity (Wildman–Crippen MR) is 132 cm³/mol. The van der Waals surface area contributed by atoms with Gasteiger partial charge >= 0.3 is 0 Å². The first-order valence-corrected chi connectivity index (χ1v) is 12.0. The first-order chi connectivity index (χ1) is 15.8. The van der Waals surface area contributed by atoms with Crippen molar-refractivity contribution in [1.29, 1.82) is 0 Å². The van der Waals surface area contributed by atoms with Crippen LogP contribution < -0.4 is 15.0 Å². The molecule has 1 heterocycles. The maximum absolute atomic E-state index is 13.6. The molecule has 174 valence electrons. The summed E-state index contributed by atoms with van der Waals surface area (Å²) in [5, 5.41) is 3.55. The Morgan fingerprint density at radius 1 is 1.12 bits per heavy atom. The van der Waals surface area contributed by atoms with E-state index in [-0.39, 0.29) is 17.1 Å². The lowest BCUT2D eigenvalue weighted by molar-refractivity contribution is -0.119. The average molecular weight is 447 g/mol. The Balaban J connectivity index is 1.91. The lowest BCUT2D eigenvalue weighted by Crippen LogP contribution is -2.39. The van der Waals surface area contributed by atoms with Gasteiger partial charge in [-0.15, -0.1) is 0 Å². The molecule has 0 bridgehead atoms. The van der Waals surface area contributed by atoms with Crippen LogP contribution in [0, 0.1) is 5.41 Å². The normalized spacial score (nSPS) is 19.3. The molecule has 5 heteroatoms. The maximum atomic E-state index is 13.6. The van der Waals surface area contributed by atoms with Crippen LogP contribution in [0.4, 0.5) is 11.4 Å². The number of benzene rings is 2. The molecule has 0 saturated carbocycles. The fourth-order valence-electron chi connectivity index (χ4n) is 4.86. The summed E-state index contributed by atoms with van der Waals surface area (Å²) in [5.74, 6) is 0.844. The van der Waals surface area contributed by atoms with Gasteiger partial charge in [0.2, 0.25) is 5.91 Å². The zero-order chi connectivity index (χ0) is 23.6. The Bertz CT molecular complexity index is 1090. The SMILES string of the molecule is CCCCOc1cccc([C@@H]2C3=C(CC(C)(C)CC3=O)Nc3ccccc3N2C(=O)CC)c1. The molecular formula is C28H34N2O3. The number of allylic oxidation sites excluding steroid dienone is 1. The van der Waals surface area contributed by atoms with Gasteiger partial charge in [-0.25, -0.2) is 0 Å². The molecule has 1 aliphatic heterocycles. The number of carbonyl (C=O) groups is 2. The van der Waals surface area contributed by atoms with Crippen LogP contribution in [0.3, 0.4) is 0 Å². The minimum atomic E-state index is -0.498. The van der Waals surface area contributed by atoms with E-state index in [1.807, 2.05) is 60.4 Å². The first kappa shape index (κ1) is 23.1. The van der Waals surface area contributed by atoms with Crippen LogP contribution in [-0.2, 0) is 9.59 Å². The number of nitrogens with one attached hydrogen (secondary N) is 1. The Labute approximate surface area is 196 Å². The number of rotatable bonds is 6. The van der Waals surface area contributed by atoms with Gasteiger partial charge < -0.3 is 10.1 Å². The molecule has 5 nitrogen and oxygen atoms in total. The molecule has 33 heavy (non-hydrogen) atoms. The summed E-state index contributed by atoms with van der Waals surface area (Å²) < 4.78 is 5.98. The molecule has 0 fully saturated rings. The van der Waals surface area contributed by atoms with Gasteiger partial charge in [-0.3, -0.25) is 14.5 Å². The van der Waals surface area contributed by atoms with Crippen LogP contribution in [0.1, 0.15) is 71.4 Å². The van der Waals surface area contributed by atoms with E-state index in [0.29, 0.717) is 25.0 Å². The summed E-state index contributed by atoms with van der Waals surface area (Å²) in [5.41, 5.74) is 4.01. The summed E-state index contributed by atoms with van der Waals surface area (Å²) in [6, 6.07) is 15.2. The Kier molecular flexibility index (Phi) is 6.59. The second-order valence-electron chi connectivity index (χ2n) is 9.77. The van der Waals surface area contributed by atoms with Crippen LogP contribution in [0.25, 0.3) is 0 Å². The lowest BCUT2D eigenvalue weighted by atomic mass is 9.73. The fourth-order valence-corrected chi connectivity index (χ4v) is 4.86. The molecular weight excluding hydrogens is 412 g/mol. The molecule has 1 atom stereocenters. The second kappa shape index (κ2) is 9.42. The highest BCUT2D eigenvalue weighted by molar-refractivity contribution is 6.06. The lowest BCUT2D eigenvalue weighted by Gasteiger charge is -2.37. The highest BCUT2D eigenvalue weighted by Gasteiger charge is 2.42. The largest absolute Gasteiger partial charge is 0.494 e. The minimum absolute atomic E-state index is 0.0158. The van der Waals surface area contributed by atoms with Gasteiger partial charge in [0.05, 0.1) is 24.0 Å². The number of carbonyl (C=O) groups excluding carboxylic acids is 2. The van der Waals surface area contributed by atoms with Gasteiger partial charge in [0.1, 0.15) is 5.75 Å². The smallest absolute Gasteiger partial charge is 0.227 e. The van der Waals surface area contributed by atoms with Crippen molar-refractivity contribution in [2.45, 2.75) is 65.8 Å². The fraction of sp³-hybridized carbons (Fsp3) is 0.429. The first-order valence-electron chi connectivity index (χ1n) is 12.0. The van der Waals surface area contributed by atoms with Crippen LogP contribution in [0.5, 0.6) is 5.75 Å². The Hall–Kier alpha value is -3.08. The molecule has 1 amide bonds. The number of unbranched alkanes of at least 4 members (excludes halogenated alkanes) is 1. The Morgan fingerprint density at radius 2 is 1.91 bits per heavy atom. The van der Waals surface area contributed by atoms with Crippen molar-refractivity contribution in [2.24, 2.45) is 5.41 Å². The number of hydrogen-bond acceptors (Lipinski definition) is 4. The van der Waals surface area contributed by atoms with Crippen molar-refractivity contribution < 1.29 is 14.3 Å². The third kappa shape index (κ3) is 4.68. The Morgan fingerprint density at radius 3 is 2.67 bits per heavy atom. The number of Topliss-reactive ketones (excluding diaryl/α,β-unsaturated/α-hetero) is 1. The van der Waals surface area contributed by atoms with Gasteiger partial charge in [0.25, 0.3) is 0 Å². The molecule has 2 aliphatic rings. The number of ether oxygens (including phenoxy) is 1. The molecule has 1 aliphatic carbocycles. The average Bonchev–Trinajstić information content (AvgIpc) is 2.92. The molecule has 0 saturated heterocycles. The zero-order valence-corrected chi connectivity index (χ0v) is 20.1. The number of nitrogens with zero attached hydrogens (tertiary/aromatic N) is 1. The van der Waals surface area contributed by atoms with Crippen molar-refractivity contribution in [3.63, 3.8) is 0 Å². The molecule has 4 rings (SSSR count). The van der Waals surface area contributed by atoms with Crippen LogP contribution in [0.2, 0.25) is 0 Å². The topological polar surface area (TPSA) is 58.6 Å². The van der Waals surface area contributed by atoms with Crippen LogP contribution in [-0.4, -0.2) is 18.3 Å². The minimum Gasteiger partial charge on any atom is -0.494 e. The third-order valence-electron chi connectivity index (χ3n) is 6.41. The number of fused-ring (bicyclic) bond motifs is 1. The van der Waals surface area contributed by atoms with E-state index >= 15 is 0 Å². The maximum Gasteiger partial charge on any atom is 0.227 e. The molecule has 1 N–H and O–H groups in total. The number of amides is 1.